The van der Waals surface area contributed by atoms with E-state index in [9.17, 15) is 9.32 Å². The van der Waals surface area contributed by atoms with Gasteiger partial charge in [0.1, 0.15) is 23.9 Å². The number of nitrogens with one attached hydrogen (secondary N) is 1. The van der Waals surface area contributed by atoms with Crippen LogP contribution in [0.15, 0.2) is 41.2 Å². The summed E-state index contributed by atoms with van der Waals surface area (Å²) in [5, 5.41) is 14.0. The first-order valence-electron chi connectivity index (χ1n) is 9.37. The number of hydrogen-bond acceptors (Lipinski definition) is 9. The lowest BCUT2D eigenvalue weighted by Crippen LogP contribution is -2.30. The first-order valence-corrected chi connectivity index (χ1v) is 11.7. The second kappa shape index (κ2) is 8.13. The van der Waals surface area contributed by atoms with Gasteiger partial charge in [-0.2, -0.15) is 4.36 Å². The Balaban J connectivity index is 1.71. The molecule has 2 atom stereocenters. The van der Waals surface area contributed by atoms with Crippen LogP contribution in [0, 0.1) is 6.92 Å². The van der Waals surface area contributed by atoms with Crippen LogP contribution in [0.25, 0.3) is 10.9 Å². The molecular weight excluding hydrogens is 406 g/mol. The van der Waals surface area contributed by atoms with Crippen LogP contribution in [-0.4, -0.2) is 62.2 Å². The van der Waals surface area contributed by atoms with Crippen LogP contribution in [-0.2, 0) is 14.5 Å². The molecule has 2 aromatic heterocycles. The molecule has 0 saturated carbocycles. The predicted molar refractivity (Wildman–Crippen MR) is 115 cm³/mol. The molecular formula is C20H23N5O4S. The molecule has 158 valence electrons. The molecule has 10 heteroatoms. The number of rotatable bonds is 5. The summed E-state index contributed by atoms with van der Waals surface area (Å²) in [6.07, 6.45) is 5.08. The normalized spacial score (nSPS) is 19.1. The van der Waals surface area contributed by atoms with Gasteiger partial charge in [-0.15, -0.1) is 0 Å². The second-order valence-electron chi connectivity index (χ2n) is 7.39. The summed E-state index contributed by atoms with van der Waals surface area (Å²) in [5.74, 6) is 0.929. The van der Waals surface area contributed by atoms with E-state index in [0.717, 1.165) is 10.9 Å². The molecule has 0 aliphatic carbocycles. The van der Waals surface area contributed by atoms with Gasteiger partial charge in [0.25, 0.3) is 0 Å². The van der Waals surface area contributed by atoms with Gasteiger partial charge < -0.3 is 19.9 Å². The van der Waals surface area contributed by atoms with Crippen molar-refractivity contribution in [2.45, 2.75) is 19.1 Å². The molecule has 30 heavy (non-hydrogen) atoms. The standard InChI is InChI=1S/C20H23N5O4S/c1-12-7-13(25-30(2,3)27)8-15-18(12)19(23-11-22-15)24-14-5-4-6-21-20(14)29-17-10-28-9-16(17)26/h4-8,11,16-17,26H,9-10H2,1-3H3,(H,22,23,24)/t16-,17-/m0/s1. The van der Waals surface area contributed by atoms with Crippen molar-refractivity contribution in [2.75, 3.05) is 31.0 Å². The van der Waals surface area contributed by atoms with Crippen LogP contribution < -0.4 is 10.1 Å². The van der Waals surface area contributed by atoms with E-state index < -0.39 is 21.9 Å². The van der Waals surface area contributed by atoms with Gasteiger partial charge >= 0.3 is 0 Å². The van der Waals surface area contributed by atoms with Crippen molar-refractivity contribution in [3.05, 3.63) is 42.4 Å². The summed E-state index contributed by atoms with van der Waals surface area (Å²) in [7, 11) is -2.28. The molecule has 0 radical (unpaired) electrons. The van der Waals surface area contributed by atoms with Gasteiger partial charge in [0, 0.05) is 33.8 Å². The van der Waals surface area contributed by atoms with E-state index in [1.54, 1.807) is 30.8 Å². The Bertz CT molecular complexity index is 1200. The maximum Gasteiger partial charge on any atom is 0.238 e. The smallest absolute Gasteiger partial charge is 0.238 e. The van der Waals surface area contributed by atoms with Crippen LogP contribution in [0.5, 0.6) is 5.88 Å². The van der Waals surface area contributed by atoms with Crippen LogP contribution >= 0.6 is 0 Å². The molecule has 1 aliphatic rings. The topological polar surface area (TPSA) is 119 Å². The highest BCUT2D eigenvalue weighted by Gasteiger charge is 2.29. The quantitative estimate of drug-likeness (QED) is 0.635. The highest BCUT2D eigenvalue weighted by Crippen LogP contribution is 2.33. The van der Waals surface area contributed by atoms with E-state index in [4.69, 9.17) is 9.47 Å². The maximum absolute atomic E-state index is 12.1. The van der Waals surface area contributed by atoms with E-state index in [0.29, 0.717) is 35.2 Å². The number of aromatic nitrogens is 3. The average molecular weight is 430 g/mol. The summed E-state index contributed by atoms with van der Waals surface area (Å²) in [4.78, 5) is 13.0. The zero-order chi connectivity index (χ0) is 21.3. The molecule has 0 unspecified atom stereocenters. The SMILES string of the molecule is Cc1cc(N=S(C)(C)=O)cc2ncnc(Nc3cccnc3O[C@H]3COC[C@@H]3O)c12. The first-order chi connectivity index (χ1) is 14.3. The summed E-state index contributed by atoms with van der Waals surface area (Å²) in [6.45, 7) is 2.47. The molecule has 1 aromatic carbocycles. The summed E-state index contributed by atoms with van der Waals surface area (Å²) in [5.41, 5.74) is 2.79. The molecule has 3 heterocycles. The Kier molecular flexibility index (Phi) is 5.54. The third-order valence-electron chi connectivity index (χ3n) is 4.53. The Morgan fingerprint density at radius 2 is 2.10 bits per heavy atom. The number of ether oxygens (including phenoxy) is 2. The lowest BCUT2D eigenvalue weighted by molar-refractivity contribution is 0.0709. The maximum atomic E-state index is 12.1. The number of nitrogens with zero attached hydrogens (tertiary/aromatic N) is 4. The van der Waals surface area contributed by atoms with Crippen molar-refractivity contribution in [2.24, 2.45) is 4.36 Å². The van der Waals surface area contributed by atoms with Crippen molar-refractivity contribution in [3.63, 3.8) is 0 Å². The molecule has 0 amide bonds. The Labute approximate surface area is 174 Å². The lowest BCUT2D eigenvalue weighted by atomic mass is 10.1. The van der Waals surface area contributed by atoms with Gasteiger partial charge in [-0.05, 0) is 36.8 Å². The molecule has 9 nitrogen and oxygen atoms in total. The van der Waals surface area contributed by atoms with Crippen molar-refractivity contribution in [1.29, 1.82) is 0 Å². The van der Waals surface area contributed by atoms with Crippen LogP contribution in [0.1, 0.15) is 5.56 Å². The van der Waals surface area contributed by atoms with Crippen LogP contribution in [0.2, 0.25) is 0 Å². The lowest BCUT2D eigenvalue weighted by Gasteiger charge is -2.18. The number of anilines is 2. The molecule has 2 N–H and O–H groups in total. The number of aliphatic hydroxyl groups excluding tert-OH is 1. The Hall–Kier alpha value is -2.82. The molecule has 3 aromatic rings. The minimum atomic E-state index is -2.28. The minimum absolute atomic E-state index is 0.241. The van der Waals surface area contributed by atoms with E-state index in [2.05, 4.69) is 24.6 Å². The van der Waals surface area contributed by atoms with E-state index in [-0.39, 0.29) is 6.61 Å². The number of pyridine rings is 1. The van der Waals surface area contributed by atoms with Gasteiger partial charge in [0.05, 0.1) is 24.4 Å². The zero-order valence-electron chi connectivity index (χ0n) is 16.9. The van der Waals surface area contributed by atoms with Crippen molar-refractivity contribution in [3.8, 4) is 5.88 Å². The van der Waals surface area contributed by atoms with Gasteiger partial charge in [-0.3, -0.25) is 0 Å². The molecule has 1 saturated heterocycles. The fourth-order valence-corrected chi connectivity index (χ4v) is 3.87. The Morgan fingerprint density at radius 1 is 1.27 bits per heavy atom. The number of benzene rings is 1. The molecule has 4 rings (SSSR count). The van der Waals surface area contributed by atoms with Crippen LogP contribution in [0.3, 0.4) is 0 Å². The molecule has 1 fully saturated rings. The number of fused-ring (bicyclic) bond motifs is 1. The van der Waals surface area contributed by atoms with Gasteiger partial charge in [-0.25, -0.2) is 19.2 Å². The van der Waals surface area contributed by atoms with Crippen molar-refractivity contribution >= 4 is 37.8 Å². The fraction of sp³-hybridized carbons (Fsp3) is 0.350. The third kappa shape index (κ3) is 4.50. The van der Waals surface area contributed by atoms with Gasteiger partial charge in [0.2, 0.25) is 5.88 Å². The molecule has 1 aliphatic heterocycles. The van der Waals surface area contributed by atoms with E-state index >= 15 is 0 Å². The largest absolute Gasteiger partial charge is 0.468 e. The van der Waals surface area contributed by atoms with E-state index in [1.165, 1.54) is 6.33 Å². The van der Waals surface area contributed by atoms with Crippen LogP contribution in [0.4, 0.5) is 17.2 Å². The summed E-state index contributed by atoms with van der Waals surface area (Å²) in [6, 6.07) is 7.25. The highest BCUT2D eigenvalue weighted by atomic mass is 32.2. The first kappa shape index (κ1) is 20.5. The van der Waals surface area contributed by atoms with Crippen molar-refractivity contribution < 1.29 is 18.8 Å². The molecule has 0 bridgehead atoms. The monoisotopic (exact) mass is 429 g/mol. The summed E-state index contributed by atoms with van der Waals surface area (Å²) >= 11 is 0. The second-order valence-corrected chi connectivity index (χ2v) is 9.94. The summed E-state index contributed by atoms with van der Waals surface area (Å²) < 4.78 is 27.4. The number of aryl methyl sites for hydroxylation is 1. The van der Waals surface area contributed by atoms with Gasteiger partial charge in [0.15, 0.2) is 6.10 Å². The predicted octanol–water partition coefficient (Wildman–Crippen LogP) is 2.57. The zero-order valence-corrected chi connectivity index (χ0v) is 17.7. The van der Waals surface area contributed by atoms with Crippen molar-refractivity contribution in [1.82, 2.24) is 15.0 Å². The van der Waals surface area contributed by atoms with E-state index in [1.807, 2.05) is 19.1 Å². The number of aliphatic hydroxyl groups is 1. The third-order valence-corrected chi connectivity index (χ3v) is 5.18. The highest BCUT2D eigenvalue weighted by molar-refractivity contribution is 7.92. The molecule has 0 spiro atoms. The van der Waals surface area contributed by atoms with Gasteiger partial charge in [-0.1, -0.05) is 0 Å². The Morgan fingerprint density at radius 3 is 2.83 bits per heavy atom. The average Bonchev–Trinajstić information content (AvgIpc) is 3.06. The number of hydrogen-bond donors (Lipinski definition) is 2. The minimum Gasteiger partial charge on any atom is -0.468 e. The fourth-order valence-electron chi connectivity index (χ4n) is 3.26.